The minimum absolute atomic E-state index is 0.0438. The van der Waals surface area contributed by atoms with Crippen LogP contribution in [0.4, 0.5) is 10.1 Å². The van der Waals surface area contributed by atoms with E-state index >= 15 is 0 Å². The molecule has 0 spiro atoms. The summed E-state index contributed by atoms with van der Waals surface area (Å²) < 4.78 is 17.4. The number of carbonyl (C=O) groups is 2. The fraction of sp³-hybridized carbons (Fsp3) is 0.0909. The summed E-state index contributed by atoms with van der Waals surface area (Å²) in [6.07, 6.45) is 1.05. The van der Waals surface area contributed by atoms with Crippen LogP contribution in [0.5, 0.6) is 0 Å². The van der Waals surface area contributed by atoms with Crippen molar-refractivity contribution in [1.82, 2.24) is 0 Å². The molecule has 0 aliphatic heterocycles. The fourth-order valence-corrected chi connectivity index (χ4v) is 1.09. The Balaban J connectivity index is 3.12. The Kier molecular flexibility index (Phi) is 3.77. The monoisotopic (exact) mass is 223 g/mol. The summed E-state index contributed by atoms with van der Waals surface area (Å²) in [6.45, 7) is 3.27. The molecule has 1 aromatic carbocycles. The molecule has 0 heterocycles. The lowest BCUT2D eigenvalue weighted by Gasteiger charge is -2.08. The largest absolute Gasteiger partial charge is 0.465 e. The van der Waals surface area contributed by atoms with Gasteiger partial charge in [0.1, 0.15) is 5.82 Å². The van der Waals surface area contributed by atoms with Crippen LogP contribution >= 0.6 is 0 Å². The molecule has 0 saturated carbocycles. The molecule has 84 valence electrons. The summed E-state index contributed by atoms with van der Waals surface area (Å²) in [6, 6.07) is 3.40. The van der Waals surface area contributed by atoms with Gasteiger partial charge < -0.3 is 10.1 Å². The van der Waals surface area contributed by atoms with Crippen molar-refractivity contribution in [3.63, 3.8) is 0 Å². The normalized spacial score (nSPS) is 9.38. The van der Waals surface area contributed by atoms with Crippen LogP contribution in [0, 0.1) is 5.82 Å². The average Bonchev–Trinajstić information content (AvgIpc) is 2.30. The van der Waals surface area contributed by atoms with E-state index in [0.717, 1.165) is 18.2 Å². The zero-order chi connectivity index (χ0) is 12.1. The molecule has 0 aliphatic rings. The third-order valence-corrected chi connectivity index (χ3v) is 1.83. The van der Waals surface area contributed by atoms with Gasteiger partial charge in [-0.05, 0) is 24.3 Å². The van der Waals surface area contributed by atoms with Crippen molar-refractivity contribution in [2.24, 2.45) is 0 Å². The molecule has 0 bridgehead atoms. The number of nitrogens with one attached hydrogen (secondary N) is 1. The van der Waals surface area contributed by atoms with Crippen molar-refractivity contribution in [1.29, 1.82) is 0 Å². The minimum Gasteiger partial charge on any atom is -0.465 e. The lowest BCUT2D eigenvalue weighted by Crippen LogP contribution is -2.13. The van der Waals surface area contributed by atoms with Crippen LogP contribution in [0.15, 0.2) is 30.9 Å². The van der Waals surface area contributed by atoms with Crippen molar-refractivity contribution in [2.75, 3.05) is 12.4 Å². The molecule has 4 nitrogen and oxygen atoms in total. The highest BCUT2D eigenvalue weighted by molar-refractivity contribution is 6.04. The van der Waals surface area contributed by atoms with E-state index in [9.17, 15) is 14.0 Å². The van der Waals surface area contributed by atoms with Crippen LogP contribution in [-0.4, -0.2) is 19.0 Å². The number of benzene rings is 1. The van der Waals surface area contributed by atoms with Gasteiger partial charge in [-0.15, -0.1) is 0 Å². The number of esters is 1. The number of halogens is 1. The molecule has 0 atom stereocenters. The van der Waals surface area contributed by atoms with Gasteiger partial charge in [0.2, 0.25) is 5.91 Å². The molecule has 1 amide bonds. The van der Waals surface area contributed by atoms with E-state index in [1.54, 1.807) is 0 Å². The lowest BCUT2D eigenvalue weighted by atomic mass is 10.1. The van der Waals surface area contributed by atoms with Gasteiger partial charge in [0.25, 0.3) is 0 Å². The molecule has 0 aromatic heterocycles. The Morgan fingerprint density at radius 2 is 2.19 bits per heavy atom. The standard InChI is InChI=1S/C11H10FNO3/c1-3-10(14)13-9-5-4-7(12)6-8(9)11(15)16-2/h3-6H,1H2,2H3,(H,13,14). The molecule has 16 heavy (non-hydrogen) atoms. The van der Waals surface area contributed by atoms with Gasteiger partial charge in [-0.25, -0.2) is 9.18 Å². The minimum atomic E-state index is -0.723. The highest BCUT2D eigenvalue weighted by Crippen LogP contribution is 2.18. The second-order valence-corrected chi connectivity index (χ2v) is 2.87. The van der Waals surface area contributed by atoms with Gasteiger partial charge in [-0.2, -0.15) is 0 Å². The van der Waals surface area contributed by atoms with Crippen molar-refractivity contribution in [2.45, 2.75) is 0 Å². The second-order valence-electron chi connectivity index (χ2n) is 2.87. The van der Waals surface area contributed by atoms with Crippen molar-refractivity contribution in [3.05, 3.63) is 42.2 Å². The number of carbonyl (C=O) groups excluding carboxylic acids is 2. The van der Waals surface area contributed by atoms with Gasteiger partial charge in [0.05, 0.1) is 18.4 Å². The molecule has 0 unspecified atom stereocenters. The van der Waals surface area contributed by atoms with Crippen LogP contribution < -0.4 is 5.32 Å². The van der Waals surface area contributed by atoms with Gasteiger partial charge in [0.15, 0.2) is 0 Å². The molecule has 0 radical (unpaired) electrons. The molecule has 1 N–H and O–H groups in total. The third kappa shape index (κ3) is 2.66. The van der Waals surface area contributed by atoms with Crippen molar-refractivity contribution >= 4 is 17.6 Å². The molecular formula is C11H10FNO3. The predicted octanol–water partition coefficient (Wildman–Crippen LogP) is 1.74. The summed E-state index contributed by atoms with van der Waals surface area (Å²) in [7, 11) is 1.17. The molecular weight excluding hydrogens is 213 g/mol. The topological polar surface area (TPSA) is 55.4 Å². The highest BCUT2D eigenvalue weighted by atomic mass is 19.1. The molecule has 0 aliphatic carbocycles. The summed E-state index contributed by atoms with van der Waals surface area (Å²) in [4.78, 5) is 22.3. The molecule has 0 fully saturated rings. The van der Waals surface area contributed by atoms with E-state index in [-0.39, 0.29) is 11.3 Å². The van der Waals surface area contributed by atoms with Gasteiger partial charge in [0, 0.05) is 0 Å². The first-order valence-corrected chi connectivity index (χ1v) is 4.39. The summed E-state index contributed by atoms with van der Waals surface area (Å²) >= 11 is 0. The van der Waals surface area contributed by atoms with Crippen LogP contribution in [0.2, 0.25) is 0 Å². The molecule has 5 heteroatoms. The number of ether oxygens (including phenoxy) is 1. The highest BCUT2D eigenvalue weighted by Gasteiger charge is 2.13. The Morgan fingerprint density at radius 1 is 1.50 bits per heavy atom. The van der Waals surface area contributed by atoms with Gasteiger partial charge in [-0.3, -0.25) is 4.79 Å². The summed E-state index contributed by atoms with van der Waals surface area (Å²) in [5.74, 6) is -1.80. The maximum Gasteiger partial charge on any atom is 0.340 e. The quantitative estimate of drug-likeness (QED) is 0.627. The van der Waals surface area contributed by atoms with Gasteiger partial charge >= 0.3 is 5.97 Å². The summed E-state index contributed by atoms with van der Waals surface area (Å²) in [5, 5.41) is 2.38. The van der Waals surface area contributed by atoms with E-state index in [4.69, 9.17) is 0 Å². The zero-order valence-corrected chi connectivity index (χ0v) is 8.62. The van der Waals surface area contributed by atoms with E-state index in [1.165, 1.54) is 13.2 Å². The maximum absolute atomic E-state index is 12.9. The predicted molar refractivity (Wildman–Crippen MR) is 56.6 cm³/mol. The van der Waals surface area contributed by atoms with E-state index < -0.39 is 17.7 Å². The Bertz CT molecular complexity index is 443. The summed E-state index contributed by atoms with van der Waals surface area (Å²) in [5.41, 5.74) is 0.135. The Hall–Kier alpha value is -2.17. The smallest absolute Gasteiger partial charge is 0.340 e. The number of hydrogen-bond donors (Lipinski definition) is 1. The number of methoxy groups -OCH3 is 1. The SMILES string of the molecule is C=CC(=O)Nc1ccc(F)cc1C(=O)OC. The van der Waals surface area contributed by atoms with Crippen LogP contribution in [-0.2, 0) is 9.53 Å². The Morgan fingerprint density at radius 3 is 2.75 bits per heavy atom. The first-order chi connectivity index (χ1) is 7.58. The van der Waals surface area contributed by atoms with E-state index in [2.05, 4.69) is 16.6 Å². The van der Waals surface area contributed by atoms with E-state index in [0.29, 0.717) is 0 Å². The van der Waals surface area contributed by atoms with Crippen molar-refractivity contribution < 1.29 is 18.7 Å². The number of hydrogen-bond acceptors (Lipinski definition) is 3. The second kappa shape index (κ2) is 5.06. The first-order valence-electron chi connectivity index (χ1n) is 4.39. The third-order valence-electron chi connectivity index (χ3n) is 1.83. The molecule has 1 aromatic rings. The zero-order valence-electron chi connectivity index (χ0n) is 8.62. The molecule has 1 rings (SSSR count). The number of amides is 1. The number of anilines is 1. The fourth-order valence-electron chi connectivity index (χ4n) is 1.09. The Labute approximate surface area is 91.7 Å². The number of rotatable bonds is 3. The van der Waals surface area contributed by atoms with Crippen LogP contribution in [0.1, 0.15) is 10.4 Å². The van der Waals surface area contributed by atoms with Crippen LogP contribution in [0.25, 0.3) is 0 Å². The average molecular weight is 223 g/mol. The van der Waals surface area contributed by atoms with E-state index in [1.807, 2.05) is 0 Å². The van der Waals surface area contributed by atoms with Crippen LogP contribution in [0.3, 0.4) is 0 Å². The van der Waals surface area contributed by atoms with Crippen molar-refractivity contribution in [3.8, 4) is 0 Å². The maximum atomic E-state index is 12.9. The lowest BCUT2D eigenvalue weighted by molar-refractivity contribution is -0.111. The van der Waals surface area contributed by atoms with Gasteiger partial charge in [-0.1, -0.05) is 6.58 Å². The molecule has 0 saturated heterocycles. The first kappa shape index (κ1) is 11.9.